The molecule has 1 aromatic carbocycles. The van der Waals surface area contributed by atoms with Crippen LogP contribution in [0.3, 0.4) is 0 Å². The lowest BCUT2D eigenvalue weighted by molar-refractivity contribution is 0.309. The first-order chi connectivity index (χ1) is 8.92. The van der Waals surface area contributed by atoms with Gasteiger partial charge in [-0.05, 0) is 18.2 Å². The van der Waals surface area contributed by atoms with Crippen molar-refractivity contribution in [2.24, 2.45) is 0 Å². The second-order valence-electron chi connectivity index (χ2n) is 4.05. The molecule has 0 spiro atoms. The number of pyridine rings is 1. The molecule has 1 aromatic heterocycles. The summed E-state index contributed by atoms with van der Waals surface area (Å²) < 4.78 is 11.2. The number of ether oxygens (including phenoxy) is 2. The van der Waals surface area contributed by atoms with Gasteiger partial charge in [0.15, 0.2) is 0 Å². The molecule has 0 atom stereocenters. The van der Waals surface area contributed by atoms with E-state index in [4.69, 9.17) is 9.47 Å². The molecule has 3 rings (SSSR count). The summed E-state index contributed by atoms with van der Waals surface area (Å²) in [6.07, 6.45) is 0. The lowest BCUT2D eigenvalue weighted by Gasteiger charge is -2.08. The average molecular weight is 279 g/mol. The normalized spacial score (nSPS) is 13.5. The zero-order chi connectivity index (χ0) is 12.2. The van der Waals surface area contributed by atoms with E-state index in [1.54, 1.807) is 0 Å². The van der Waals surface area contributed by atoms with E-state index in [0.717, 1.165) is 24.4 Å². The van der Waals surface area contributed by atoms with Gasteiger partial charge < -0.3 is 14.8 Å². The van der Waals surface area contributed by atoms with Crippen molar-refractivity contribution < 1.29 is 9.47 Å². The SMILES string of the molecule is Cl.c1ccc(Oc2ccc3c(n2)OCCNC3)cc1. The van der Waals surface area contributed by atoms with Gasteiger partial charge in [0.1, 0.15) is 12.4 Å². The number of aromatic nitrogens is 1. The second kappa shape index (κ2) is 6.41. The maximum absolute atomic E-state index is 5.67. The summed E-state index contributed by atoms with van der Waals surface area (Å²) in [5.74, 6) is 1.99. The number of rotatable bonds is 2. The summed E-state index contributed by atoms with van der Waals surface area (Å²) >= 11 is 0. The number of halogens is 1. The largest absolute Gasteiger partial charge is 0.476 e. The van der Waals surface area contributed by atoms with Crippen LogP contribution in [0.15, 0.2) is 42.5 Å². The number of fused-ring (bicyclic) bond motifs is 1. The molecular weight excluding hydrogens is 264 g/mol. The number of hydrogen-bond acceptors (Lipinski definition) is 4. The van der Waals surface area contributed by atoms with Crippen molar-refractivity contribution in [3.8, 4) is 17.5 Å². The third-order valence-electron chi connectivity index (χ3n) is 2.71. The number of nitrogens with zero attached hydrogens (tertiary/aromatic N) is 1. The first-order valence-corrected chi connectivity index (χ1v) is 5.98. The Kier molecular flexibility index (Phi) is 4.60. The standard InChI is InChI=1S/C14H14N2O2.ClH/c1-2-4-12(5-3-1)18-13-7-6-11-10-15-8-9-17-14(11)16-13;/h1-7,15H,8-10H2;1H. The zero-order valence-electron chi connectivity index (χ0n) is 10.3. The van der Waals surface area contributed by atoms with Crippen molar-refractivity contribution in [2.75, 3.05) is 13.2 Å². The molecule has 0 bridgehead atoms. The van der Waals surface area contributed by atoms with Crippen LogP contribution in [-0.2, 0) is 6.54 Å². The van der Waals surface area contributed by atoms with Gasteiger partial charge in [0.25, 0.3) is 0 Å². The Morgan fingerprint density at radius 1 is 1.11 bits per heavy atom. The van der Waals surface area contributed by atoms with Gasteiger partial charge in [0.05, 0.1) is 0 Å². The molecule has 0 saturated carbocycles. The maximum Gasteiger partial charge on any atom is 0.222 e. The number of hydrogen-bond donors (Lipinski definition) is 1. The molecule has 0 unspecified atom stereocenters. The summed E-state index contributed by atoms with van der Waals surface area (Å²) in [6, 6.07) is 13.5. The smallest absolute Gasteiger partial charge is 0.222 e. The summed E-state index contributed by atoms with van der Waals surface area (Å²) in [5, 5.41) is 3.27. The monoisotopic (exact) mass is 278 g/mol. The first-order valence-electron chi connectivity index (χ1n) is 5.98. The van der Waals surface area contributed by atoms with Crippen LogP contribution in [0.2, 0.25) is 0 Å². The number of nitrogens with one attached hydrogen (secondary N) is 1. The van der Waals surface area contributed by atoms with Gasteiger partial charge in [0.2, 0.25) is 11.8 Å². The van der Waals surface area contributed by atoms with Crippen LogP contribution >= 0.6 is 12.4 Å². The fourth-order valence-electron chi connectivity index (χ4n) is 1.82. The predicted molar refractivity (Wildman–Crippen MR) is 75.2 cm³/mol. The molecule has 2 heterocycles. The van der Waals surface area contributed by atoms with Crippen LogP contribution in [0.5, 0.6) is 17.5 Å². The quantitative estimate of drug-likeness (QED) is 0.917. The van der Waals surface area contributed by atoms with E-state index in [9.17, 15) is 0 Å². The lowest BCUT2D eigenvalue weighted by atomic mass is 10.2. The van der Waals surface area contributed by atoms with Crippen LogP contribution < -0.4 is 14.8 Å². The van der Waals surface area contributed by atoms with Crippen molar-refractivity contribution in [1.82, 2.24) is 10.3 Å². The van der Waals surface area contributed by atoms with E-state index in [2.05, 4.69) is 10.3 Å². The van der Waals surface area contributed by atoms with E-state index in [1.165, 1.54) is 0 Å². The molecule has 0 radical (unpaired) electrons. The fraction of sp³-hybridized carbons (Fsp3) is 0.214. The highest BCUT2D eigenvalue weighted by molar-refractivity contribution is 5.85. The highest BCUT2D eigenvalue weighted by Crippen LogP contribution is 2.25. The number of para-hydroxylation sites is 1. The zero-order valence-corrected chi connectivity index (χ0v) is 11.2. The molecule has 1 aliphatic heterocycles. The molecule has 5 heteroatoms. The van der Waals surface area contributed by atoms with E-state index in [1.807, 2.05) is 42.5 Å². The van der Waals surface area contributed by atoms with Crippen LogP contribution in [0, 0.1) is 0 Å². The molecule has 4 nitrogen and oxygen atoms in total. The van der Waals surface area contributed by atoms with Crippen molar-refractivity contribution >= 4 is 12.4 Å². The Morgan fingerprint density at radius 3 is 2.79 bits per heavy atom. The first kappa shape index (κ1) is 13.6. The molecule has 1 aliphatic rings. The minimum Gasteiger partial charge on any atom is -0.476 e. The Labute approximate surface area is 118 Å². The molecule has 0 amide bonds. The third kappa shape index (κ3) is 3.36. The minimum atomic E-state index is 0. The summed E-state index contributed by atoms with van der Waals surface area (Å²) in [5.41, 5.74) is 1.06. The molecule has 19 heavy (non-hydrogen) atoms. The average Bonchev–Trinajstić information content (AvgIpc) is 2.64. The highest BCUT2D eigenvalue weighted by atomic mass is 35.5. The van der Waals surface area contributed by atoms with Crippen molar-refractivity contribution in [1.29, 1.82) is 0 Å². The Hall–Kier alpha value is -1.78. The minimum absolute atomic E-state index is 0. The van der Waals surface area contributed by atoms with Crippen molar-refractivity contribution in [3.63, 3.8) is 0 Å². The van der Waals surface area contributed by atoms with Crippen molar-refractivity contribution in [3.05, 3.63) is 48.0 Å². The molecule has 0 saturated heterocycles. The van der Waals surface area contributed by atoms with Gasteiger partial charge in [-0.3, -0.25) is 0 Å². The molecule has 0 fully saturated rings. The summed E-state index contributed by atoms with van der Waals surface area (Å²) in [6.45, 7) is 2.26. The summed E-state index contributed by atoms with van der Waals surface area (Å²) in [7, 11) is 0. The van der Waals surface area contributed by atoms with E-state index in [-0.39, 0.29) is 12.4 Å². The maximum atomic E-state index is 5.67. The van der Waals surface area contributed by atoms with E-state index < -0.39 is 0 Å². The van der Waals surface area contributed by atoms with Gasteiger partial charge >= 0.3 is 0 Å². The second-order valence-corrected chi connectivity index (χ2v) is 4.05. The van der Waals surface area contributed by atoms with Gasteiger partial charge in [-0.15, -0.1) is 12.4 Å². The Balaban J connectivity index is 0.00000133. The summed E-state index contributed by atoms with van der Waals surface area (Å²) in [4.78, 5) is 4.38. The lowest BCUT2D eigenvalue weighted by Crippen LogP contribution is -2.16. The van der Waals surface area contributed by atoms with Gasteiger partial charge in [0, 0.05) is 24.7 Å². The third-order valence-corrected chi connectivity index (χ3v) is 2.71. The van der Waals surface area contributed by atoms with E-state index in [0.29, 0.717) is 18.4 Å². The van der Waals surface area contributed by atoms with Crippen LogP contribution in [0.1, 0.15) is 5.56 Å². The van der Waals surface area contributed by atoms with Crippen molar-refractivity contribution in [2.45, 2.75) is 6.54 Å². The predicted octanol–water partition coefficient (Wildman–Crippen LogP) is 2.78. The number of benzene rings is 1. The molecule has 1 N–H and O–H groups in total. The molecule has 2 aromatic rings. The molecule has 100 valence electrons. The van der Waals surface area contributed by atoms with Gasteiger partial charge in [-0.2, -0.15) is 4.98 Å². The van der Waals surface area contributed by atoms with Crippen LogP contribution in [0.4, 0.5) is 0 Å². The van der Waals surface area contributed by atoms with Gasteiger partial charge in [-0.1, -0.05) is 18.2 Å². The van der Waals surface area contributed by atoms with Gasteiger partial charge in [-0.25, -0.2) is 0 Å². The van der Waals surface area contributed by atoms with Crippen LogP contribution in [-0.4, -0.2) is 18.1 Å². The Bertz CT molecular complexity index is 534. The highest BCUT2D eigenvalue weighted by Gasteiger charge is 2.11. The topological polar surface area (TPSA) is 43.4 Å². The Morgan fingerprint density at radius 2 is 1.95 bits per heavy atom. The molecular formula is C14H15ClN2O2. The fourth-order valence-corrected chi connectivity index (χ4v) is 1.82. The van der Waals surface area contributed by atoms with E-state index >= 15 is 0 Å². The molecule has 0 aliphatic carbocycles. The van der Waals surface area contributed by atoms with Crippen LogP contribution in [0.25, 0.3) is 0 Å².